The van der Waals surface area contributed by atoms with Crippen molar-refractivity contribution >= 4 is 36.9 Å². The van der Waals surface area contributed by atoms with Gasteiger partial charge in [0.1, 0.15) is 30.6 Å². The Hall–Kier alpha value is -4.48. The molecule has 1 saturated heterocycles. The summed E-state index contributed by atoms with van der Waals surface area (Å²) in [6.07, 6.45) is 0.283. The van der Waals surface area contributed by atoms with E-state index >= 15 is 0 Å². The van der Waals surface area contributed by atoms with Crippen molar-refractivity contribution in [1.29, 1.82) is 5.26 Å². The van der Waals surface area contributed by atoms with E-state index in [0.717, 1.165) is 33.1 Å². The minimum atomic E-state index is -4.50. The maximum atomic E-state index is 14.3. The van der Waals surface area contributed by atoms with E-state index in [1.165, 1.54) is 29.8 Å². The van der Waals surface area contributed by atoms with Gasteiger partial charge in [-0.2, -0.15) is 15.4 Å². The quantitative estimate of drug-likeness (QED) is 0.152. The fourth-order valence-electron chi connectivity index (χ4n) is 5.35. The largest absolute Gasteiger partial charge is 0.464 e. The number of rotatable bonds is 13. The van der Waals surface area contributed by atoms with Crippen LogP contribution >= 0.6 is 7.75 Å². The smallest absolute Gasteiger partial charge is 0.459 e. The molecule has 3 heterocycles. The molecule has 15 nitrogen and oxygen atoms in total. The van der Waals surface area contributed by atoms with Crippen molar-refractivity contribution < 1.29 is 46.9 Å². The molecule has 0 spiro atoms. The first-order valence-electron chi connectivity index (χ1n) is 15.0. The number of anilines is 1. The average Bonchev–Trinajstić information content (AvgIpc) is 3.56. The van der Waals surface area contributed by atoms with Gasteiger partial charge in [0.2, 0.25) is 5.60 Å². The highest BCUT2D eigenvalue weighted by molar-refractivity contribution is 7.52. The van der Waals surface area contributed by atoms with Crippen LogP contribution in [0.15, 0.2) is 54.7 Å². The summed E-state index contributed by atoms with van der Waals surface area (Å²) in [5, 5.41) is 17.5. The van der Waals surface area contributed by atoms with Crippen molar-refractivity contribution in [2.45, 2.75) is 70.0 Å². The highest BCUT2D eigenvalue weighted by Gasteiger charge is 2.62. The summed E-state index contributed by atoms with van der Waals surface area (Å²) in [6, 6.07) is 13.7. The van der Waals surface area contributed by atoms with Gasteiger partial charge in [0.05, 0.1) is 23.5 Å². The first kappa shape index (κ1) is 33.9. The van der Waals surface area contributed by atoms with Crippen LogP contribution in [0.25, 0.3) is 5.52 Å². The fourth-order valence-corrected chi connectivity index (χ4v) is 6.87. The number of ether oxygens (including phenoxy) is 4. The average molecular weight is 670 g/mol. The standard InChI is InChI=1S/C31H36N5O10P/c1-19(30(39)41-16-22-8-7-9-22)35-47(40,46-23-10-5-4-6-11-23)42-18-31(17-32)29(44-21(3)38)28(43-20(2)37)27(45-31)26-13-12-25-24(33)14-15-34-36(25)26/h4-6,10-15,19,22,27-29H,7-9,16,18,33H2,1-3H3,(H,35,40)/t19-,27-,28-,29-,31+,47?/m0/s1. The van der Waals surface area contributed by atoms with Crippen molar-refractivity contribution in [3.05, 3.63) is 60.4 Å². The number of aromatic nitrogens is 2. The zero-order chi connectivity index (χ0) is 33.8. The number of nitrogens with zero attached hydrogens (tertiary/aromatic N) is 3. The van der Waals surface area contributed by atoms with E-state index in [4.69, 9.17) is 33.7 Å². The summed E-state index contributed by atoms with van der Waals surface area (Å²) >= 11 is 0. The number of hydrogen-bond acceptors (Lipinski definition) is 13. The zero-order valence-corrected chi connectivity index (χ0v) is 27.0. The first-order chi connectivity index (χ1) is 22.4. The van der Waals surface area contributed by atoms with Gasteiger partial charge in [-0.25, -0.2) is 9.08 Å². The number of carbonyl (C=O) groups is 3. The van der Waals surface area contributed by atoms with Crippen molar-refractivity contribution in [3.63, 3.8) is 0 Å². The molecule has 2 aliphatic rings. The number of benzene rings is 1. The molecule has 1 unspecified atom stereocenters. The van der Waals surface area contributed by atoms with Gasteiger partial charge in [-0.3, -0.25) is 18.9 Å². The molecule has 0 amide bonds. The molecule has 1 aliphatic carbocycles. The first-order valence-corrected chi connectivity index (χ1v) is 16.6. The Bertz CT molecular complexity index is 1710. The van der Waals surface area contributed by atoms with Crippen molar-refractivity contribution in [2.24, 2.45) is 5.92 Å². The number of nitrogen functional groups attached to an aromatic ring is 1. The Morgan fingerprint density at radius 1 is 1.15 bits per heavy atom. The molecule has 2 fully saturated rings. The summed E-state index contributed by atoms with van der Waals surface area (Å²) < 4.78 is 50.1. The second kappa shape index (κ2) is 14.1. The summed E-state index contributed by atoms with van der Waals surface area (Å²) in [5.41, 5.74) is 5.12. The Morgan fingerprint density at radius 2 is 1.87 bits per heavy atom. The molecular weight excluding hydrogens is 633 g/mol. The van der Waals surface area contributed by atoms with Crippen LogP contribution in [0.4, 0.5) is 5.69 Å². The lowest BCUT2D eigenvalue weighted by Crippen LogP contribution is -2.49. The van der Waals surface area contributed by atoms with Crippen LogP contribution in [0.2, 0.25) is 0 Å². The van der Waals surface area contributed by atoms with Gasteiger partial charge in [-0.15, -0.1) is 0 Å². The van der Waals surface area contributed by atoms with Gasteiger partial charge in [-0.05, 0) is 56.0 Å². The highest BCUT2D eigenvalue weighted by Crippen LogP contribution is 2.50. The molecule has 6 atom stereocenters. The van der Waals surface area contributed by atoms with Crippen LogP contribution in [-0.4, -0.2) is 64.6 Å². The predicted molar refractivity (Wildman–Crippen MR) is 164 cm³/mol. The van der Waals surface area contributed by atoms with Crippen LogP contribution in [0.1, 0.15) is 51.8 Å². The number of carbonyl (C=O) groups excluding carboxylic acids is 3. The van der Waals surface area contributed by atoms with Gasteiger partial charge < -0.3 is 29.2 Å². The Kier molecular flexibility index (Phi) is 10.2. The van der Waals surface area contributed by atoms with Crippen LogP contribution in [0, 0.1) is 17.2 Å². The molecule has 1 saturated carbocycles. The van der Waals surface area contributed by atoms with Gasteiger partial charge in [-0.1, -0.05) is 24.6 Å². The Labute approximate surface area is 270 Å². The highest BCUT2D eigenvalue weighted by atomic mass is 31.2. The van der Waals surface area contributed by atoms with E-state index in [-0.39, 0.29) is 18.3 Å². The predicted octanol–water partition coefficient (Wildman–Crippen LogP) is 3.64. The van der Waals surface area contributed by atoms with E-state index in [2.05, 4.69) is 10.2 Å². The van der Waals surface area contributed by atoms with Crippen LogP contribution < -0.4 is 15.3 Å². The topological polar surface area (TPSA) is 203 Å². The third kappa shape index (κ3) is 7.58. The number of fused-ring (bicyclic) bond motifs is 1. The normalized spacial score (nSPS) is 24.3. The molecule has 47 heavy (non-hydrogen) atoms. The maximum absolute atomic E-state index is 14.3. The molecule has 250 valence electrons. The van der Waals surface area contributed by atoms with Crippen LogP contribution in [0.5, 0.6) is 5.75 Å². The second-order valence-corrected chi connectivity index (χ2v) is 13.1. The lowest BCUT2D eigenvalue weighted by molar-refractivity contribution is -0.166. The fraction of sp³-hybridized carbons (Fsp3) is 0.452. The minimum Gasteiger partial charge on any atom is -0.464 e. The summed E-state index contributed by atoms with van der Waals surface area (Å²) in [5.74, 6) is -1.83. The molecule has 3 N–H and O–H groups in total. The van der Waals surface area contributed by atoms with Crippen molar-refractivity contribution in [2.75, 3.05) is 18.9 Å². The van der Waals surface area contributed by atoms with Gasteiger partial charge in [0.25, 0.3) is 0 Å². The molecule has 0 radical (unpaired) electrons. The SMILES string of the molecule is CC(=O)O[C@H]1[C@H](c2ccc3c(N)ccnn23)O[C@](C#N)(COP(=O)(N[C@@H](C)C(=O)OCC2CCC2)Oc2ccccc2)[C@H]1OC(C)=O. The van der Waals surface area contributed by atoms with Crippen molar-refractivity contribution in [3.8, 4) is 11.8 Å². The van der Waals surface area contributed by atoms with Gasteiger partial charge >= 0.3 is 25.7 Å². The molecule has 1 aromatic carbocycles. The van der Waals surface area contributed by atoms with Crippen molar-refractivity contribution in [1.82, 2.24) is 14.7 Å². The molecule has 16 heteroatoms. The third-order valence-electron chi connectivity index (χ3n) is 7.90. The summed E-state index contributed by atoms with van der Waals surface area (Å²) in [6.45, 7) is 3.10. The van der Waals surface area contributed by atoms with Crippen LogP contribution in [0.3, 0.4) is 0 Å². The summed E-state index contributed by atoms with van der Waals surface area (Å²) in [4.78, 5) is 37.4. The van der Waals surface area contributed by atoms with Gasteiger partial charge in [0, 0.05) is 20.0 Å². The third-order valence-corrected chi connectivity index (χ3v) is 9.52. The second-order valence-electron chi connectivity index (χ2n) is 11.4. The number of nitriles is 1. The number of para-hydroxylation sites is 1. The molecular formula is C31H36N5O10P. The van der Waals surface area contributed by atoms with E-state index in [1.54, 1.807) is 36.4 Å². The molecule has 5 rings (SSSR count). The minimum absolute atomic E-state index is 0.132. The van der Waals surface area contributed by atoms with Crippen LogP contribution in [-0.2, 0) is 42.4 Å². The van der Waals surface area contributed by atoms with E-state index in [9.17, 15) is 24.2 Å². The lowest BCUT2D eigenvalue weighted by Gasteiger charge is -2.30. The number of nitrogens with two attached hydrogens (primary N) is 1. The van der Waals surface area contributed by atoms with E-state index in [0.29, 0.717) is 16.9 Å². The van der Waals surface area contributed by atoms with E-state index in [1.807, 2.05) is 6.07 Å². The summed E-state index contributed by atoms with van der Waals surface area (Å²) in [7, 11) is -4.50. The Morgan fingerprint density at radius 3 is 2.51 bits per heavy atom. The van der Waals surface area contributed by atoms with Gasteiger partial charge in [0.15, 0.2) is 12.2 Å². The molecule has 2 aromatic heterocycles. The maximum Gasteiger partial charge on any atom is 0.459 e. The number of esters is 3. The lowest BCUT2D eigenvalue weighted by atomic mass is 9.86. The van der Waals surface area contributed by atoms with E-state index < -0.39 is 62.2 Å². The Balaban J connectivity index is 1.47. The zero-order valence-electron chi connectivity index (χ0n) is 26.1. The monoisotopic (exact) mass is 669 g/mol. The molecule has 1 aliphatic heterocycles. The molecule has 0 bridgehead atoms. The molecule has 3 aromatic rings. The number of hydrogen-bond donors (Lipinski definition) is 2. The number of nitrogens with one attached hydrogen (secondary N) is 1.